The van der Waals surface area contributed by atoms with Crippen LogP contribution in [0.15, 0.2) is 61.2 Å². The standard InChI is InChI=1S/C20H18F2O4/c1-3-12-25-16-8-4-14(5-9-16)6-10-17(23)15-7-11-18(26-20(21)22)19(13-15)24-2/h3-11,13,20H,1,12H2,2H3. The number of hydrogen-bond donors (Lipinski definition) is 0. The maximum Gasteiger partial charge on any atom is 0.387 e. The Labute approximate surface area is 150 Å². The second-order valence-corrected chi connectivity index (χ2v) is 5.11. The Morgan fingerprint density at radius 2 is 1.88 bits per heavy atom. The summed E-state index contributed by atoms with van der Waals surface area (Å²) < 4.78 is 39.4. The molecule has 4 nitrogen and oxygen atoms in total. The van der Waals surface area contributed by atoms with Crippen LogP contribution in [0.1, 0.15) is 15.9 Å². The summed E-state index contributed by atoms with van der Waals surface area (Å²) in [6.45, 7) is 1.02. The third kappa shape index (κ3) is 5.44. The Morgan fingerprint density at radius 3 is 2.50 bits per heavy atom. The summed E-state index contributed by atoms with van der Waals surface area (Å²) in [6, 6.07) is 11.2. The summed E-state index contributed by atoms with van der Waals surface area (Å²) in [5.74, 6) is 0.345. The molecule has 0 atom stereocenters. The molecule has 0 spiro atoms. The van der Waals surface area contributed by atoms with Crippen LogP contribution in [0.4, 0.5) is 8.78 Å². The Balaban J connectivity index is 2.08. The number of carbonyl (C=O) groups is 1. The van der Waals surface area contributed by atoms with Gasteiger partial charge in [-0.2, -0.15) is 8.78 Å². The fraction of sp³-hybridized carbons (Fsp3) is 0.150. The molecule has 0 aromatic heterocycles. The van der Waals surface area contributed by atoms with Crippen molar-refractivity contribution in [3.8, 4) is 17.2 Å². The molecule has 0 saturated heterocycles. The van der Waals surface area contributed by atoms with Gasteiger partial charge < -0.3 is 14.2 Å². The zero-order valence-corrected chi connectivity index (χ0v) is 14.2. The molecule has 0 aliphatic carbocycles. The molecular weight excluding hydrogens is 342 g/mol. The second kappa shape index (κ2) is 9.36. The maximum absolute atomic E-state index is 12.3. The minimum atomic E-state index is -2.97. The minimum absolute atomic E-state index is 0.0632. The van der Waals surface area contributed by atoms with Crippen LogP contribution in [-0.2, 0) is 0 Å². The normalized spacial score (nSPS) is 10.8. The molecule has 136 valence electrons. The number of carbonyl (C=O) groups excluding carboxylic acids is 1. The molecule has 0 saturated carbocycles. The molecule has 0 unspecified atom stereocenters. The quantitative estimate of drug-likeness (QED) is 0.367. The Morgan fingerprint density at radius 1 is 1.15 bits per heavy atom. The first kappa shape index (κ1) is 19.2. The largest absolute Gasteiger partial charge is 0.493 e. The van der Waals surface area contributed by atoms with Crippen LogP contribution in [-0.4, -0.2) is 26.1 Å². The third-order valence-corrected chi connectivity index (χ3v) is 3.34. The summed E-state index contributed by atoms with van der Waals surface area (Å²) in [5, 5.41) is 0. The number of halogens is 2. The molecule has 0 bridgehead atoms. The number of allylic oxidation sites excluding steroid dienone is 1. The van der Waals surface area contributed by atoms with Crippen molar-refractivity contribution in [2.45, 2.75) is 6.61 Å². The van der Waals surface area contributed by atoms with Gasteiger partial charge in [-0.05, 0) is 42.0 Å². The average Bonchev–Trinajstić information content (AvgIpc) is 2.65. The lowest BCUT2D eigenvalue weighted by atomic mass is 10.1. The highest BCUT2D eigenvalue weighted by molar-refractivity contribution is 6.07. The maximum atomic E-state index is 12.3. The predicted octanol–water partition coefficient (Wildman–Crippen LogP) is 4.76. The number of rotatable bonds is 9. The monoisotopic (exact) mass is 360 g/mol. The van der Waals surface area contributed by atoms with Gasteiger partial charge in [0.05, 0.1) is 7.11 Å². The van der Waals surface area contributed by atoms with Gasteiger partial charge >= 0.3 is 6.61 Å². The van der Waals surface area contributed by atoms with Crippen LogP contribution >= 0.6 is 0 Å². The van der Waals surface area contributed by atoms with E-state index < -0.39 is 6.61 Å². The Kier molecular flexibility index (Phi) is 6.91. The van der Waals surface area contributed by atoms with Gasteiger partial charge in [0.25, 0.3) is 0 Å². The molecule has 2 aromatic carbocycles. The molecule has 0 radical (unpaired) electrons. The van der Waals surface area contributed by atoms with Gasteiger partial charge in [0.2, 0.25) is 0 Å². The molecule has 0 aliphatic rings. The molecule has 6 heteroatoms. The van der Waals surface area contributed by atoms with Gasteiger partial charge in [0.1, 0.15) is 12.4 Å². The van der Waals surface area contributed by atoms with Crippen molar-refractivity contribution in [1.82, 2.24) is 0 Å². The summed E-state index contributed by atoms with van der Waals surface area (Å²) in [7, 11) is 1.31. The lowest BCUT2D eigenvalue weighted by Gasteiger charge is -2.10. The zero-order chi connectivity index (χ0) is 18.9. The van der Waals surface area contributed by atoms with Crippen molar-refractivity contribution in [3.63, 3.8) is 0 Å². The topological polar surface area (TPSA) is 44.8 Å². The van der Waals surface area contributed by atoms with E-state index in [0.29, 0.717) is 17.9 Å². The van der Waals surface area contributed by atoms with Crippen molar-refractivity contribution >= 4 is 11.9 Å². The summed E-state index contributed by atoms with van der Waals surface area (Å²) in [4.78, 5) is 12.3. The van der Waals surface area contributed by atoms with Crippen LogP contribution in [0.2, 0.25) is 0 Å². The fourth-order valence-corrected chi connectivity index (χ4v) is 2.11. The van der Waals surface area contributed by atoms with Crippen LogP contribution in [0.5, 0.6) is 17.2 Å². The van der Waals surface area contributed by atoms with E-state index in [4.69, 9.17) is 9.47 Å². The Hall–Kier alpha value is -3.15. The number of ketones is 1. The number of hydrogen-bond acceptors (Lipinski definition) is 4. The number of ether oxygens (including phenoxy) is 3. The van der Waals surface area contributed by atoms with E-state index >= 15 is 0 Å². The van der Waals surface area contributed by atoms with Crippen LogP contribution in [0.25, 0.3) is 6.08 Å². The molecule has 0 amide bonds. The second-order valence-electron chi connectivity index (χ2n) is 5.11. The molecule has 0 aliphatic heterocycles. The van der Waals surface area contributed by atoms with Crippen molar-refractivity contribution in [2.75, 3.05) is 13.7 Å². The molecule has 0 fully saturated rings. The molecule has 0 N–H and O–H groups in total. The van der Waals surface area contributed by atoms with Gasteiger partial charge in [-0.15, -0.1) is 0 Å². The highest BCUT2D eigenvalue weighted by Crippen LogP contribution is 2.29. The molecule has 0 heterocycles. The SMILES string of the molecule is C=CCOc1ccc(C=CC(=O)c2ccc(OC(F)F)c(OC)c2)cc1. The van der Waals surface area contributed by atoms with E-state index in [0.717, 1.165) is 5.56 Å². The smallest absolute Gasteiger partial charge is 0.387 e. The van der Waals surface area contributed by atoms with Crippen molar-refractivity contribution in [3.05, 3.63) is 72.3 Å². The first-order valence-corrected chi connectivity index (χ1v) is 7.72. The molecule has 26 heavy (non-hydrogen) atoms. The summed E-state index contributed by atoms with van der Waals surface area (Å²) in [5.41, 5.74) is 1.11. The van der Waals surface area contributed by atoms with E-state index in [2.05, 4.69) is 11.3 Å². The van der Waals surface area contributed by atoms with Gasteiger partial charge in [-0.3, -0.25) is 4.79 Å². The van der Waals surface area contributed by atoms with E-state index in [1.54, 1.807) is 24.3 Å². The average molecular weight is 360 g/mol. The Bertz CT molecular complexity index is 783. The van der Waals surface area contributed by atoms with E-state index in [1.165, 1.54) is 31.4 Å². The fourth-order valence-electron chi connectivity index (χ4n) is 2.11. The lowest BCUT2D eigenvalue weighted by molar-refractivity contribution is -0.0512. The first-order chi connectivity index (χ1) is 12.5. The highest BCUT2D eigenvalue weighted by atomic mass is 19.3. The van der Waals surface area contributed by atoms with Crippen molar-refractivity contribution in [2.24, 2.45) is 0 Å². The molecule has 2 aromatic rings. The lowest BCUT2D eigenvalue weighted by Crippen LogP contribution is -2.04. The number of alkyl halides is 2. The number of methoxy groups -OCH3 is 1. The summed E-state index contributed by atoms with van der Waals surface area (Å²) in [6.07, 6.45) is 4.69. The minimum Gasteiger partial charge on any atom is -0.493 e. The van der Waals surface area contributed by atoms with E-state index in [1.807, 2.05) is 12.1 Å². The van der Waals surface area contributed by atoms with Crippen LogP contribution in [0.3, 0.4) is 0 Å². The van der Waals surface area contributed by atoms with Crippen LogP contribution in [0, 0.1) is 0 Å². The molecular formula is C20H18F2O4. The highest BCUT2D eigenvalue weighted by Gasteiger charge is 2.13. The van der Waals surface area contributed by atoms with Gasteiger partial charge in [0.15, 0.2) is 17.3 Å². The summed E-state index contributed by atoms with van der Waals surface area (Å²) >= 11 is 0. The van der Waals surface area contributed by atoms with Gasteiger partial charge in [-0.25, -0.2) is 0 Å². The molecule has 2 rings (SSSR count). The van der Waals surface area contributed by atoms with Gasteiger partial charge in [0, 0.05) is 5.56 Å². The van der Waals surface area contributed by atoms with Crippen molar-refractivity contribution in [1.29, 1.82) is 0 Å². The van der Waals surface area contributed by atoms with Gasteiger partial charge in [-0.1, -0.05) is 30.9 Å². The number of benzene rings is 2. The zero-order valence-electron chi connectivity index (χ0n) is 14.2. The van der Waals surface area contributed by atoms with E-state index in [9.17, 15) is 13.6 Å². The predicted molar refractivity (Wildman–Crippen MR) is 95.1 cm³/mol. The first-order valence-electron chi connectivity index (χ1n) is 7.72. The van der Waals surface area contributed by atoms with E-state index in [-0.39, 0.29) is 17.3 Å². The third-order valence-electron chi connectivity index (χ3n) is 3.34. The van der Waals surface area contributed by atoms with Crippen LogP contribution < -0.4 is 14.2 Å². The van der Waals surface area contributed by atoms with Crippen molar-refractivity contribution < 1.29 is 27.8 Å².